The molecule has 4 heterocycles. The van der Waals surface area contributed by atoms with E-state index < -0.39 is 0 Å². The van der Waals surface area contributed by atoms with Crippen molar-refractivity contribution in [1.82, 2.24) is 24.4 Å². The number of hydrogen-bond donors (Lipinski definition) is 1. The number of nitrogens with zero attached hydrogens (tertiary/aromatic N) is 6. The van der Waals surface area contributed by atoms with Gasteiger partial charge in [0.15, 0.2) is 5.82 Å². The highest BCUT2D eigenvalue weighted by Gasteiger charge is 2.24. The molecule has 30 heavy (non-hydrogen) atoms. The fraction of sp³-hybridized carbons (Fsp3) is 0.286. The van der Waals surface area contributed by atoms with Gasteiger partial charge in [0, 0.05) is 51.8 Å². The Morgan fingerprint density at radius 3 is 2.63 bits per heavy atom. The van der Waals surface area contributed by atoms with E-state index in [9.17, 15) is 9.59 Å². The van der Waals surface area contributed by atoms with Crippen molar-refractivity contribution in [2.75, 3.05) is 36.8 Å². The molecule has 4 rings (SSSR count). The van der Waals surface area contributed by atoms with Crippen LogP contribution in [0.1, 0.15) is 33.1 Å². The SMILES string of the molecule is Cn1ccnc1C(=O)N1CCCN(c2cccc(C(=O)c3cccnc3N)n2)CC1. The van der Waals surface area contributed by atoms with E-state index in [-0.39, 0.29) is 17.5 Å². The average Bonchev–Trinajstić information content (AvgIpc) is 3.04. The molecule has 154 valence electrons. The summed E-state index contributed by atoms with van der Waals surface area (Å²) in [7, 11) is 1.81. The molecule has 0 atom stereocenters. The molecule has 0 bridgehead atoms. The first kappa shape index (κ1) is 19.6. The smallest absolute Gasteiger partial charge is 0.289 e. The van der Waals surface area contributed by atoms with Crippen LogP contribution in [0.2, 0.25) is 0 Å². The number of rotatable bonds is 4. The molecule has 3 aromatic rings. The van der Waals surface area contributed by atoms with Gasteiger partial charge in [-0.25, -0.2) is 15.0 Å². The van der Waals surface area contributed by atoms with Gasteiger partial charge in [0.25, 0.3) is 5.91 Å². The summed E-state index contributed by atoms with van der Waals surface area (Å²) >= 11 is 0. The van der Waals surface area contributed by atoms with Crippen LogP contribution in [0.15, 0.2) is 48.9 Å². The Labute approximate surface area is 174 Å². The van der Waals surface area contributed by atoms with Crippen molar-refractivity contribution in [2.24, 2.45) is 7.05 Å². The van der Waals surface area contributed by atoms with E-state index in [1.165, 1.54) is 0 Å². The van der Waals surface area contributed by atoms with Crippen molar-refractivity contribution >= 4 is 23.3 Å². The topological polar surface area (TPSA) is 110 Å². The maximum atomic E-state index is 12.8. The molecule has 0 radical (unpaired) electrons. The minimum absolute atomic E-state index is 0.0757. The minimum atomic E-state index is -0.260. The van der Waals surface area contributed by atoms with Crippen molar-refractivity contribution < 1.29 is 9.59 Å². The van der Waals surface area contributed by atoms with Crippen molar-refractivity contribution in [3.05, 3.63) is 66.0 Å². The van der Waals surface area contributed by atoms with Gasteiger partial charge in [-0.3, -0.25) is 9.59 Å². The fourth-order valence-corrected chi connectivity index (χ4v) is 3.54. The maximum absolute atomic E-state index is 12.8. The van der Waals surface area contributed by atoms with Crippen LogP contribution in [0.4, 0.5) is 11.6 Å². The summed E-state index contributed by atoms with van der Waals surface area (Å²) in [5, 5.41) is 0. The lowest BCUT2D eigenvalue weighted by molar-refractivity contribution is 0.0751. The Morgan fingerprint density at radius 1 is 1.00 bits per heavy atom. The van der Waals surface area contributed by atoms with Gasteiger partial charge >= 0.3 is 0 Å². The second-order valence-electron chi connectivity index (χ2n) is 7.14. The van der Waals surface area contributed by atoms with Gasteiger partial charge in [-0.15, -0.1) is 0 Å². The fourth-order valence-electron chi connectivity index (χ4n) is 3.54. The molecule has 0 spiro atoms. The molecular formula is C21H23N7O2. The van der Waals surface area contributed by atoms with Crippen LogP contribution in [-0.2, 0) is 7.05 Å². The number of carbonyl (C=O) groups excluding carboxylic acids is 2. The van der Waals surface area contributed by atoms with Gasteiger partial charge in [-0.05, 0) is 30.7 Å². The zero-order valence-corrected chi connectivity index (χ0v) is 16.7. The summed E-state index contributed by atoms with van der Waals surface area (Å²) in [4.78, 5) is 42.2. The first-order valence-electron chi connectivity index (χ1n) is 9.78. The number of aromatic nitrogens is 4. The quantitative estimate of drug-likeness (QED) is 0.653. The summed E-state index contributed by atoms with van der Waals surface area (Å²) in [5.41, 5.74) is 6.50. The van der Waals surface area contributed by atoms with E-state index >= 15 is 0 Å². The molecule has 0 unspecified atom stereocenters. The number of ketones is 1. The highest BCUT2D eigenvalue weighted by Crippen LogP contribution is 2.18. The van der Waals surface area contributed by atoms with Crippen molar-refractivity contribution in [2.45, 2.75) is 6.42 Å². The number of anilines is 2. The molecule has 1 fully saturated rings. The summed E-state index contributed by atoms with van der Waals surface area (Å²) < 4.78 is 1.73. The Balaban J connectivity index is 1.49. The molecule has 1 amide bonds. The van der Waals surface area contributed by atoms with Gasteiger partial charge in [0.05, 0.1) is 5.56 Å². The van der Waals surface area contributed by atoms with Gasteiger partial charge in [-0.1, -0.05) is 6.07 Å². The first-order chi connectivity index (χ1) is 14.5. The number of aryl methyl sites for hydroxylation is 1. The molecule has 0 aliphatic carbocycles. The van der Waals surface area contributed by atoms with Crippen LogP contribution >= 0.6 is 0 Å². The van der Waals surface area contributed by atoms with E-state index in [1.54, 1.807) is 41.4 Å². The predicted molar refractivity (Wildman–Crippen MR) is 112 cm³/mol. The van der Waals surface area contributed by atoms with Crippen LogP contribution < -0.4 is 10.6 Å². The predicted octanol–water partition coefficient (Wildman–Crippen LogP) is 1.38. The second-order valence-corrected chi connectivity index (χ2v) is 7.14. The lowest BCUT2D eigenvalue weighted by atomic mass is 10.1. The Morgan fingerprint density at radius 2 is 1.87 bits per heavy atom. The Kier molecular flexibility index (Phi) is 5.42. The molecule has 1 saturated heterocycles. The highest BCUT2D eigenvalue weighted by molar-refractivity contribution is 6.10. The summed E-state index contributed by atoms with van der Waals surface area (Å²) in [6.45, 7) is 2.56. The van der Waals surface area contributed by atoms with Gasteiger partial charge < -0.3 is 20.1 Å². The Hall–Kier alpha value is -3.75. The highest BCUT2D eigenvalue weighted by atomic mass is 16.2. The third-order valence-corrected chi connectivity index (χ3v) is 5.17. The first-order valence-corrected chi connectivity index (χ1v) is 9.78. The number of imidazole rings is 1. The lowest BCUT2D eigenvalue weighted by Crippen LogP contribution is -2.36. The summed E-state index contributed by atoms with van der Waals surface area (Å²) in [6.07, 6.45) is 5.73. The largest absolute Gasteiger partial charge is 0.383 e. The van der Waals surface area contributed by atoms with Gasteiger partial charge in [0.2, 0.25) is 5.78 Å². The Bertz CT molecular complexity index is 1080. The summed E-state index contributed by atoms with van der Waals surface area (Å²) in [5.74, 6) is 0.989. The molecule has 3 aromatic heterocycles. The van der Waals surface area contributed by atoms with Crippen LogP contribution in [0.3, 0.4) is 0 Å². The standard InChI is InChI=1S/C21H23N7O2/c1-26-12-9-24-20(26)21(30)28-11-4-10-27(13-14-28)17-7-2-6-16(25-17)18(29)15-5-3-8-23-19(15)22/h2-3,5-9,12H,4,10-11,13-14H2,1H3,(H2,22,23). The van der Waals surface area contributed by atoms with E-state index in [0.717, 1.165) is 13.0 Å². The third-order valence-electron chi connectivity index (χ3n) is 5.17. The molecule has 9 heteroatoms. The zero-order valence-electron chi connectivity index (χ0n) is 16.7. The number of nitrogen functional groups attached to an aromatic ring is 1. The molecular weight excluding hydrogens is 382 g/mol. The van der Waals surface area contributed by atoms with E-state index in [0.29, 0.717) is 42.5 Å². The minimum Gasteiger partial charge on any atom is -0.383 e. The number of amides is 1. The third kappa shape index (κ3) is 3.86. The monoisotopic (exact) mass is 405 g/mol. The zero-order chi connectivity index (χ0) is 21.1. The molecule has 2 N–H and O–H groups in total. The van der Waals surface area contributed by atoms with Crippen molar-refractivity contribution in [1.29, 1.82) is 0 Å². The van der Waals surface area contributed by atoms with Crippen molar-refractivity contribution in [3.8, 4) is 0 Å². The maximum Gasteiger partial charge on any atom is 0.289 e. The average molecular weight is 405 g/mol. The van der Waals surface area contributed by atoms with Crippen LogP contribution in [0, 0.1) is 0 Å². The number of hydrogen-bond acceptors (Lipinski definition) is 7. The van der Waals surface area contributed by atoms with E-state index in [2.05, 4.69) is 19.9 Å². The molecule has 1 aliphatic rings. The van der Waals surface area contributed by atoms with Crippen LogP contribution in [0.25, 0.3) is 0 Å². The number of nitrogens with two attached hydrogens (primary N) is 1. The van der Waals surface area contributed by atoms with Crippen molar-refractivity contribution in [3.63, 3.8) is 0 Å². The second kappa shape index (κ2) is 8.32. The van der Waals surface area contributed by atoms with Crippen LogP contribution in [0.5, 0.6) is 0 Å². The lowest BCUT2D eigenvalue weighted by Gasteiger charge is -2.23. The summed E-state index contributed by atoms with van der Waals surface area (Å²) in [6, 6.07) is 8.68. The van der Waals surface area contributed by atoms with E-state index in [1.807, 2.05) is 24.1 Å². The number of pyridine rings is 2. The molecule has 0 aromatic carbocycles. The van der Waals surface area contributed by atoms with E-state index in [4.69, 9.17) is 5.73 Å². The normalized spacial score (nSPS) is 14.4. The molecule has 0 saturated carbocycles. The van der Waals surface area contributed by atoms with Gasteiger partial charge in [-0.2, -0.15) is 0 Å². The van der Waals surface area contributed by atoms with Crippen LogP contribution in [-0.4, -0.2) is 62.3 Å². The number of carbonyl (C=O) groups is 2. The van der Waals surface area contributed by atoms with Gasteiger partial charge in [0.1, 0.15) is 17.3 Å². The molecule has 1 aliphatic heterocycles. The molecule has 9 nitrogen and oxygen atoms in total.